The number of aromatic amines is 2. The van der Waals surface area contributed by atoms with Gasteiger partial charge in [-0.2, -0.15) is 5.10 Å². The van der Waals surface area contributed by atoms with E-state index in [1.54, 1.807) is 32.4 Å². The van der Waals surface area contributed by atoms with Crippen LogP contribution in [0.3, 0.4) is 0 Å². The number of H-pyrrole nitrogens is 2. The van der Waals surface area contributed by atoms with Gasteiger partial charge in [-0.15, -0.1) is 0 Å². The van der Waals surface area contributed by atoms with Crippen molar-refractivity contribution < 1.29 is 14.3 Å². The van der Waals surface area contributed by atoms with Crippen molar-refractivity contribution in [2.75, 3.05) is 14.2 Å². The summed E-state index contributed by atoms with van der Waals surface area (Å²) in [6.45, 7) is 0. The van der Waals surface area contributed by atoms with Gasteiger partial charge in [0.15, 0.2) is 4.77 Å². The molecule has 0 aliphatic heterocycles. The summed E-state index contributed by atoms with van der Waals surface area (Å²) in [5.41, 5.74) is 3.11. The van der Waals surface area contributed by atoms with Gasteiger partial charge in [0, 0.05) is 23.4 Å². The minimum absolute atomic E-state index is 0.0493. The first-order chi connectivity index (χ1) is 11.5. The molecule has 1 heterocycles. The maximum atomic E-state index is 11.8. The van der Waals surface area contributed by atoms with Crippen LogP contribution in [0.15, 0.2) is 34.2 Å². The Balaban J connectivity index is 2.02. The average molecular weight is 348 g/mol. The number of aromatic nitrogens is 2. The van der Waals surface area contributed by atoms with Crippen molar-refractivity contribution in [3.8, 4) is 11.5 Å². The van der Waals surface area contributed by atoms with Gasteiger partial charge in [-0.05, 0) is 24.4 Å². The largest absolute Gasteiger partial charge is 0.497 e. The summed E-state index contributed by atoms with van der Waals surface area (Å²) >= 11 is 4.84. The Kier molecular flexibility index (Phi) is 5.85. The van der Waals surface area contributed by atoms with Crippen molar-refractivity contribution in [2.45, 2.75) is 6.42 Å². The van der Waals surface area contributed by atoms with Crippen molar-refractivity contribution in [3.63, 3.8) is 0 Å². The highest BCUT2D eigenvalue weighted by Gasteiger charge is 2.04. The number of hydrazone groups is 1. The fourth-order valence-corrected chi connectivity index (χ4v) is 2.14. The van der Waals surface area contributed by atoms with Gasteiger partial charge in [0.2, 0.25) is 5.91 Å². The van der Waals surface area contributed by atoms with Crippen molar-refractivity contribution in [1.29, 1.82) is 0 Å². The first-order valence-electron chi connectivity index (χ1n) is 6.87. The highest BCUT2D eigenvalue weighted by molar-refractivity contribution is 7.71. The van der Waals surface area contributed by atoms with Crippen LogP contribution in [0.2, 0.25) is 0 Å². The smallest absolute Gasteiger partial charge is 0.251 e. The van der Waals surface area contributed by atoms with Crippen molar-refractivity contribution in [2.24, 2.45) is 5.10 Å². The van der Waals surface area contributed by atoms with E-state index in [0.717, 1.165) is 0 Å². The Bertz CT molecular complexity index is 822. The number of nitrogens with zero attached hydrogens (tertiary/aromatic N) is 1. The normalized spacial score (nSPS) is 10.6. The van der Waals surface area contributed by atoms with Gasteiger partial charge in [0.25, 0.3) is 5.56 Å². The van der Waals surface area contributed by atoms with Crippen LogP contribution < -0.4 is 20.5 Å². The van der Waals surface area contributed by atoms with E-state index in [1.807, 2.05) is 0 Å². The second-order valence-electron chi connectivity index (χ2n) is 4.73. The second kappa shape index (κ2) is 8.06. The number of nitrogens with one attached hydrogen (secondary N) is 3. The van der Waals surface area contributed by atoms with Crippen LogP contribution in [0.1, 0.15) is 11.3 Å². The highest BCUT2D eigenvalue weighted by atomic mass is 32.1. The molecule has 8 nitrogen and oxygen atoms in total. The predicted octanol–water partition coefficient (Wildman–Crippen LogP) is 1.14. The number of hydrogen-bond donors (Lipinski definition) is 3. The van der Waals surface area contributed by atoms with Gasteiger partial charge >= 0.3 is 0 Å². The quantitative estimate of drug-likeness (QED) is 0.412. The number of carbonyl (C=O) groups excluding carboxylic acids is 1. The Morgan fingerprint density at radius 3 is 2.46 bits per heavy atom. The molecule has 2 rings (SSSR count). The van der Waals surface area contributed by atoms with Gasteiger partial charge in [0.05, 0.1) is 26.9 Å². The molecule has 3 N–H and O–H groups in total. The lowest BCUT2D eigenvalue weighted by atomic mass is 10.2. The number of rotatable bonds is 6. The molecular weight excluding hydrogens is 332 g/mol. The molecule has 2 aromatic rings. The zero-order valence-corrected chi connectivity index (χ0v) is 13.9. The van der Waals surface area contributed by atoms with Gasteiger partial charge < -0.3 is 14.5 Å². The minimum atomic E-state index is -0.391. The van der Waals surface area contributed by atoms with Crippen LogP contribution in [0.25, 0.3) is 0 Å². The van der Waals surface area contributed by atoms with Crippen LogP contribution in [0.5, 0.6) is 11.5 Å². The Hall–Kier alpha value is -2.94. The fourth-order valence-electron chi connectivity index (χ4n) is 1.91. The third-order valence-electron chi connectivity index (χ3n) is 2.94. The van der Waals surface area contributed by atoms with Crippen LogP contribution in [0, 0.1) is 4.77 Å². The number of ether oxygens (including phenoxy) is 2. The lowest BCUT2D eigenvalue weighted by Crippen LogP contribution is -2.21. The van der Waals surface area contributed by atoms with Gasteiger partial charge in [0.1, 0.15) is 11.5 Å². The standard InChI is InChI=1S/C15H16N4O4S/c1-22-11-3-9(4-12(7-11)23-2)8-16-19-14(21)6-10-5-13(20)18-15(24)17-10/h3-5,7-8H,6H2,1-2H3,(H,19,21)(H2,17,18,20,24)/b16-8-. The first kappa shape index (κ1) is 17.4. The number of carbonyl (C=O) groups is 1. The number of amides is 1. The molecule has 9 heteroatoms. The molecule has 126 valence electrons. The third kappa shape index (κ3) is 5.06. The molecule has 0 unspecified atom stereocenters. The zero-order valence-electron chi connectivity index (χ0n) is 13.1. The minimum Gasteiger partial charge on any atom is -0.497 e. The third-order valence-corrected chi connectivity index (χ3v) is 3.15. The summed E-state index contributed by atoms with van der Waals surface area (Å²) in [7, 11) is 3.09. The summed E-state index contributed by atoms with van der Waals surface area (Å²) in [6.07, 6.45) is 1.41. The molecule has 0 bridgehead atoms. The molecule has 0 fully saturated rings. The maximum absolute atomic E-state index is 11.8. The SMILES string of the molecule is COc1cc(/C=N\NC(=O)Cc2cc(=O)[nH]c(=S)[nH]2)cc(OC)c1. The van der Waals surface area contributed by atoms with E-state index in [-0.39, 0.29) is 16.8 Å². The molecule has 0 saturated carbocycles. The van der Waals surface area contributed by atoms with Gasteiger partial charge in [-0.3, -0.25) is 14.6 Å². The predicted molar refractivity (Wildman–Crippen MR) is 91.2 cm³/mol. The first-order valence-corrected chi connectivity index (χ1v) is 7.28. The maximum Gasteiger partial charge on any atom is 0.251 e. The van der Waals surface area contributed by atoms with E-state index in [0.29, 0.717) is 22.8 Å². The molecular formula is C15H16N4O4S. The molecule has 0 atom stereocenters. The summed E-state index contributed by atoms with van der Waals surface area (Å²) in [6, 6.07) is 6.48. The number of benzene rings is 1. The van der Waals surface area contributed by atoms with E-state index >= 15 is 0 Å². The van der Waals surface area contributed by atoms with Crippen LogP contribution in [-0.2, 0) is 11.2 Å². The van der Waals surface area contributed by atoms with Crippen molar-refractivity contribution in [3.05, 3.63) is 50.6 Å². The Morgan fingerprint density at radius 2 is 1.88 bits per heavy atom. The van der Waals surface area contributed by atoms with E-state index in [9.17, 15) is 9.59 Å². The molecule has 0 aliphatic rings. The van der Waals surface area contributed by atoms with E-state index in [2.05, 4.69) is 20.5 Å². The molecule has 24 heavy (non-hydrogen) atoms. The molecule has 0 aliphatic carbocycles. The molecule has 1 aromatic heterocycles. The monoisotopic (exact) mass is 348 g/mol. The molecule has 0 saturated heterocycles. The van der Waals surface area contributed by atoms with Crippen LogP contribution >= 0.6 is 12.2 Å². The summed E-state index contributed by atoms with van der Waals surface area (Å²) in [4.78, 5) is 28.2. The molecule has 0 spiro atoms. The lowest BCUT2D eigenvalue weighted by Gasteiger charge is -2.05. The summed E-state index contributed by atoms with van der Waals surface area (Å²) in [5, 5.41) is 3.87. The van der Waals surface area contributed by atoms with Crippen LogP contribution in [-0.4, -0.2) is 36.3 Å². The van der Waals surface area contributed by atoms with Gasteiger partial charge in [-0.1, -0.05) is 0 Å². The van der Waals surface area contributed by atoms with E-state index in [1.165, 1.54) is 12.3 Å². The van der Waals surface area contributed by atoms with Gasteiger partial charge in [-0.25, -0.2) is 5.43 Å². The van der Waals surface area contributed by atoms with Crippen molar-refractivity contribution >= 4 is 24.3 Å². The van der Waals surface area contributed by atoms with E-state index in [4.69, 9.17) is 21.7 Å². The fraction of sp³-hybridized carbons (Fsp3) is 0.200. The zero-order chi connectivity index (χ0) is 17.5. The Labute approximate surface area is 142 Å². The van der Waals surface area contributed by atoms with E-state index < -0.39 is 5.91 Å². The van der Waals surface area contributed by atoms with Crippen LogP contribution in [0.4, 0.5) is 0 Å². The topological polar surface area (TPSA) is 109 Å². The van der Waals surface area contributed by atoms with Crippen molar-refractivity contribution in [1.82, 2.24) is 15.4 Å². The molecule has 1 aromatic carbocycles. The number of hydrogen-bond acceptors (Lipinski definition) is 6. The lowest BCUT2D eigenvalue weighted by molar-refractivity contribution is -0.120. The summed E-state index contributed by atoms with van der Waals surface area (Å²) < 4.78 is 10.5. The molecule has 1 amide bonds. The summed E-state index contributed by atoms with van der Waals surface area (Å²) in [5.74, 6) is 0.828. The number of methoxy groups -OCH3 is 2. The average Bonchev–Trinajstić information content (AvgIpc) is 2.53. The second-order valence-corrected chi connectivity index (χ2v) is 5.14. The Morgan fingerprint density at radius 1 is 1.21 bits per heavy atom. The molecule has 0 radical (unpaired) electrons. The highest BCUT2D eigenvalue weighted by Crippen LogP contribution is 2.21.